The van der Waals surface area contributed by atoms with Gasteiger partial charge in [-0.15, -0.1) is 0 Å². The lowest BCUT2D eigenvalue weighted by molar-refractivity contribution is -0.120. The fourth-order valence-electron chi connectivity index (χ4n) is 5.28. The topological polar surface area (TPSA) is 125 Å². The number of amides is 1. The van der Waals surface area contributed by atoms with Gasteiger partial charge in [-0.05, 0) is 47.4 Å². The first-order chi connectivity index (χ1) is 19.2. The zero-order valence-corrected chi connectivity index (χ0v) is 21.6. The van der Waals surface area contributed by atoms with Gasteiger partial charge in [-0.2, -0.15) is 16.4 Å². The zero-order chi connectivity index (χ0) is 26.3. The van der Waals surface area contributed by atoms with Crippen molar-refractivity contribution in [2.45, 2.75) is 32.1 Å². The van der Waals surface area contributed by atoms with Crippen molar-refractivity contribution in [2.75, 3.05) is 5.32 Å². The number of aromatic nitrogens is 7. The first-order valence-electron chi connectivity index (χ1n) is 12.8. The molecule has 0 aliphatic heterocycles. The maximum Gasteiger partial charge on any atom is 0.227 e. The molecule has 194 valence electrons. The smallest absolute Gasteiger partial charge is 0.227 e. The molecule has 7 rings (SSSR count). The molecule has 0 aromatic carbocycles. The fraction of sp³-hybridized carbons (Fsp3) is 0.214. The van der Waals surface area contributed by atoms with Gasteiger partial charge in [0, 0.05) is 41.2 Å². The van der Waals surface area contributed by atoms with E-state index < -0.39 is 5.82 Å². The number of pyridine rings is 3. The molecule has 6 aromatic heterocycles. The number of thiophene rings is 1. The maximum atomic E-state index is 16.1. The van der Waals surface area contributed by atoms with E-state index in [1.54, 1.807) is 36.0 Å². The van der Waals surface area contributed by atoms with Gasteiger partial charge in [0.1, 0.15) is 11.5 Å². The van der Waals surface area contributed by atoms with Crippen LogP contribution in [0.15, 0.2) is 53.7 Å². The molecule has 0 atom stereocenters. The molecule has 0 unspecified atom stereocenters. The van der Waals surface area contributed by atoms with Gasteiger partial charge in [-0.3, -0.25) is 14.9 Å². The van der Waals surface area contributed by atoms with Crippen molar-refractivity contribution in [3.05, 3.63) is 59.6 Å². The highest BCUT2D eigenvalue weighted by Gasteiger charge is 2.23. The van der Waals surface area contributed by atoms with Gasteiger partial charge in [0.05, 0.1) is 22.8 Å². The second-order valence-electron chi connectivity index (χ2n) is 9.72. The summed E-state index contributed by atoms with van der Waals surface area (Å²) in [6.07, 6.45) is 11.4. The highest BCUT2D eigenvalue weighted by atomic mass is 32.1. The second-order valence-corrected chi connectivity index (χ2v) is 10.5. The normalized spacial score (nSPS) is 14.3. The summed E-state index contributed by atoms with van der Waals surface area (Å²) in [6, 6.07) is 5.67. The lowest BCUT2D eigenvalue weighted by atomic mass is 9.88. The summed E-state index contributed by atoms with van der Waals surface area (Å²) in [7, 11) is 0. The molecule has 1 saturated carbocycles. The van der Waals surface area contributed by atoms with E-state index in [9.17, 15) is 4.79 Å². The quantitative estimate of drug-likeness (QED) is 0.235. The predicted molar refractivity (Wildman–Crippen MR) is 148 cm³/mol. The lowest BCUT2D eigenvalue weighted by Crippen LogP contribution is -2.24. The maximum absolute atomic E-state index is 16.1. The van der Waals surface area contributed by atoms with Crippen molar-refractivity contribution in [3.8, 4) is 33.8 Å². The Morgan fingerprint density at radius 1 is 1.03 bits per heavy atom. The Morgan fingerprint density at radius 3 is 2.77 bits per heavy atom. The van der Waals surface area contributed by atoms with E-state index in [0.29, 0.717) is 28.4 Å². The van der Waals surface area contributed by atoms with Crippen LogP contribution in [-0.4, -0.2) is 41.0 Å². The number of nitrogens with zero attached hydrogens (tertiary/aromatic N) is 5. The van der Waals surface area contributed by atoms with Gasteiger partial charge in [0.2, 0.25) is 5.91 Å². The van der Waals surface area contributed by atoms with Crippen LogP contribution in [0.2, 0.25) is 0 Å². The number of aromatic amines is 2. The largest absolute Gasteiger partial charge is 0.335 e. The molecular weight excluding hydrogens is 515 g/mol. The molecule has 1 aliphatic carbocycles. The number of rotatable bonds is 5. The number of fused-ring (bicyclic) bond motifs is 2. The van der Waals surface area contributed by atoms with E-state index >= 15 is 4.39 Å². The highest BCUT2D eigenvalue weighted by molar-refractivity contribution is 7.08. The summed E-state index contributed by atoms with van der Waals surface area (Å²) < 4.78 is 16.1. The van der Waals surface area contributed by atoms with Crippen LogP contribution < -0.4 is 5.32 Å². The van der Waals surface area contributed by atoms with E-state index in [1.165, 1.54) is 12.6 Å². The lowest BCUT2D eigenvalue weighted by Gasteiger charge is -2.20. The third-order valence-electron chi connectivity index (χ3n) is 7.27. The molecule has 0 radical (unpaired) electrons. The molecule has 1 aliphatic rings. The molecule has 1 fully saturated rings. The number of halogens is 1. The standard InChI is InChI=1S/C28H23FN8OS/c29-22-20(17-10-18(12-30-11-17)33-28(38)15-4-2-1-3-5-15)13-32-25-21(22)24(36-37-25)27-34-23-19(16-7-9-39-14-16)6-8-31-26(23)35-27/h6-15H,1-5H2,(H,33,38)(H,31,34,35)(H,32,36,37). The van der Waals surface area contributed by atoms with Crippen LogP contribution in [0.4, 0.5) is 10.1 Å². The summed E-state index contributed by atoms with van der Waals surface area (Å²) >= 11 is 1.61. The molecule has 3 N–H and O–H groups in total. The average molecular weight is 539 g/mol. The van der Waals surface area contributed by atoms with Crippen LogP contribution in [0.1, 0.15) is 32.1 Å². The number of carbonyl (C=O) groups excluding carboxylic acids is 1. The van der Waals surface area contributed by atoms with Gasteiger partial charge in [0.25, 0.3) is 0 Å². The summed E-state index contributed by atoms with van der Waals surface area (Å²) in [5.74, 6) is -0.107. The van der Waals surface area contributed by atoms with Crippen molar-refractivity contribution in [3.63, 3.8) is 0 Å². The third-order valence-corrected chi connectivity index (χ3v) is 7.96. The molecule has 39 heavy (non-hydrogen) atoms. The second kappa shape index (κ2) is 9.66. The third kappa shape index (κ3) is 4.24. The molecule has 0 saturated heterocycles. The average Bonchev–Trinajstić information content (AvgIpc) is 3.73. The summed E-state index contributed by atoms with van der Waals surface area (Å²) in [5.41, 5.74) is 5.17. The number of hydrogen-bond donors (Lipinski definition) is 3. The number of imidazole rings is 1. The predicted octanol–water partition coefficient (Wildman–Crippen LogP) is 6.34. The first-order valence-corrected chi connectivity index (χ1v) is 13.8. The number of H-pyrrole nitrogens is 2. The molecule has 0 spiro atoms. The van der Waals surface area contributed by atoms with E-state index in [4.69, 9.17) is 0 Å². The van der Waals surface area contributed by atoms with E-state index in [-0.39, 0.29) is 28.4 Å². The molecular formula is C28H23FN8OS. The van der Waals surface area contributed by atoms with Gasteiger partial charge in [-0.1, -0.05) is 19.3 Å². The minimum atomic E-state index is -0.507. The SMILES string of the molecule is O=C(Nc1cncc(-c2cnc3n[nH]c(-c4nc5nccc(-c6ccsc6)c5[nH]4)c3c2F)c1)C1CCCCC1. The Kier molecular flexibility index (Phi) is 5.85. The summed E-state index contributed by atoms with van der Waals surface area (Å²) in [4.78, 5) is 33.7. The monoisotopic (exact) mass is 538 g/mol. The number of carbonyl (C=O) groups is 1. The van der Waals surface area contributed by atoms with Gasteiger partial charge in [-0.25, -0.2) is 19.3 Å². The molecule has 0 bridgehead atoms. The number of anilines is 1. The molecule has 6 aromatic rings. The van der Waals surface area contributed by atoms with Gasteiger partial charge >= 0.3 is 0 Å². The van der Waals surface area contributed by atoms with Crippen LogP contribution in [-0.2, 0) is 4.79 Å². The van der Waals surface area contributed by atoms with Crippen LogP contribution in [0.25, 0.3) is 56.0 Å². The Bertz CT molecular complexity index is 1820. The van der Waals surface area contributed by atoms with E-state index in [1.807, 2.05) is 17.5 Å². The van der Waals surface area contributed by atoms with Crippen LogP contribution in [0.5, 0.6) is 0 Å². The Balaban J connectivity index is 1.26. The highest BCUT2D eigenvalue weighted by Crippen LogP contribution is 2.35. The van der Waals surface area contributed by atoms with Crippen LogP contribution >= 0.6 is 11.3 Å². The molecule has 11 heteroatoms. The zero-order valence-electron chi connectivity index (χ0n) is 20.7. The minimum absolute atomic E-state index is 0.00389. The first kappa shape index (κ1) is 23.6. The molecule has 6 heterocycles. The number of nitrogens with one attached hydrogen (secondary N) is 3. The Labute approximate surface area is 226 Å². The summed E-state index contributed by atoms with van der Waals surface area (Å²) in [5, 5.41) is 14.3. The Hall–Kier alpha value is -4.51. The molecule has 1 amide bonds. The fourth-order valence-corrected chi connectivity index (χ4v) is 5.93. The van der Waals surface area contributed by atoms with Crippen molar-refractivity contribution >= 4 is 45.1 Å². The van der Waals surface area contributed by atoms with Crippen molar-refractivity contribution in [1.29, 1.82) is 0 Å². The van der Waals surface area contributed by atoms with Crippen molar-refractivity contribution < 1.29 is 9.18 Å². The molecule has 9 nitrogen and oxygen atoms in total. The van der Waals surface area contributed by atoms with Gasteiger partial charge in [0.15, 0.2) is 17.1 Å². The van der Waals surface area contributed by atoms with Crippen LogP contribution in [0, 0.1) is 11.7 Å². The minimum Gasteiger partial charge on any atom is -0.335 e. The van der Waals surface area contributed by atoms with Crippen molar-refractivity contribution in [1.82, 2.24) is 35.1 Å². The van der Waals surface area contributed by atoms with E-state index in [2.05, 4.69) is 45.8 Å². The number of hydrogen-bond acceptors (Lipinski definition) is 7. The van der Waals surface area contributed by atoms with Crippen LogP contribution in [0.3, 0.4) is 0 Å². The van der Waals surface area contributed by atoms with Crippen molar-refractivity contribution in [2.24, 2.45) is 5.92 Å². The summed E-state index contributed by atoms with van der Waals surface area (Å²) in [6.45, 7) is 0. The van der Waals surface area contributed by atoms with Gasteiger partial charge < -0.3 is 10.3 Å². The van der Waals surface area contributed by atoms with E-state index in [0.717, 1.165) is 42.3 Å². The Morgan fingerprint density at radius 2 is 1.92 bits per heavy atom.